The first-order valence-electron chi connectivity index (χ1n) is 7.15. The van der Waals surface area contributed by atoms with Crippen LogP contribution in [0, 0.1) is 11.8 Å². The van der Waals surface area contributed by atoms with Crippen LogP contribution in [0.2, 0.25) is 0 Å². The van der Waals surface area contributed by atoms with E-state index in [1.165, 1.54) is 13.8 Å². The Bertz CT molecular complexity index is 407. The monoisotopic (exact) mass is 309 g/mol. The normalized spacial score (nSPS) is 23.7. The largest absolute Gasteiger partial charge is 0.480 e. The molecule has 1 amide bonds. The molecule has 1 saturated carbocycles. The Morgan fingerprint density at radius 1 is 1.19 bits per heavy atom. The minimum atomic E-state index is -4.42. The van der Waals surface area contributed by atoms with Crippen molar-refractivity contribution in [3.63, 3.8) is 0 Å². The highest BCUT2D eigenvalue weighted by atomic mass is 19.4. The van der Waals surface area contributed by atoms with E-state index >= 15 is 0 Å². The van der Waals surface area contributed by atoms with Crippen molar-refractivity contribution in [2.45, 2.75) is 58.2 Å². The Hall–Kier alpha value is -1.27. The number of carbonyl (C=O) groups is 2. The predicted molar refractivity (Wildman–Crippen MR) is 70.6 cm³/mol. The Morgan fingerprint density at radius 2 is 1.71 bits per heavy atom. The van der Waals surface area contributed by atoms with Gasteiger partial charge in [-0.05, 0) is 33.6 Å². The van der Waals surface area contributed by atoms with Crippen molar-refractivity contribution in [3.8, 4) is 0 Å². The minimum absolute atomic E-state index is 0.0645. The lowest BCUT2D eigenvalue weighted by Gasteiger charge is -2.40. The van der Waals surface area contributed by atoms with Crippen molar-refractivity contribution in [3.05, 3.63) is 0 Å². The van der Waals surface area contributed by atoms with E-state index in [4.69, 9.17) is 0 Å². The second-order valence-corrected chi connectivity index (χ2v) is 5.99. The van der Waals surface area contributed by atoms with Gasteiger partial charge in [-0.2, -0.15) is 13.2 Å². The quantitative estimate of drug-likeness (QED) is 0.868. The van der Waals surface area contributed by atoms with Crippen LogP contribution in [0.15, 0.2) is 0 Å². The molecule has 1 N–H and O–H groups in total. The molecule has 7 heteroatoms. The predicted octanol–water partition coefficient (Wildman–Crippen LogP) is 3.07. The average molecular weight is 309 g/mol. The van der Waals surface area contributed by atoms with Crippen LogP contribution in [0.4, 0.5) is 13.2 Å². The molecule has 0 aliphatic heterocycles. The van der Waals surface area contributed by atoms with E-state index < -0.39 is 35.4 Å². The summed E-state index contributed by atoms with van der Waals surface area (Å²) in [5, 5.41) is 9.20. The van der Waals surface area contributed by atoms with E-state index in [2.05, 4.69) is 0 Å². The number of carbonyl (C=O) groups excluding carboxylic acids is 1. The summed E-state index contributed by atoms with van der Waals surface area (Å²) in [5.41, 5.74) is -1.51. The lowest BCUT2D eigenvalue weighted by atomic mass is 9.77. The first kappa shape index (κ1) is 17.8. The van der Waals surface area contributed by atoms with Gasteiger partial charge in [-0.15, -0.1) is 0 Å². The highest BCUT2D eigenvalue weighted by Gasteiger charge is 2.50. The summed E-state index contributed by atoms with van der Waals surface area (Å²) in [5.74, 6) is -4.77. The van der Waals surface area contributed by atoms with Crippen LogP contribution in [0.1, 0.15) is 46.5 Å². The van der Waals surface area contributed by atoms with E-state index in [0.717, 1.165) is 4.90 Å². The number of amides is 1. The lowest BCUT2D eigenvalue weighted by molar-refractivity contribution is -0.202. The molecule has 0 spiro atoms. The molecule has 1 fully saturated rings. The first-order chi connectivity index (χ1) is 9.53. The number of likely N-dealkylation sites (N-methyl/N-ethyl adjacent to an activating group) is 1. The molecule has 21 heavy (non-hydrogen) atoms. The van der Waals surface area contributed by atoms with Gasteiger partial charge in [-0.1, -0.05) is 12.8 Å². The molecule has 0 aromatic carbocycles. The summed E-state index contributed by atoms with van der Waals surface area (Å²) in [7, 11) is 0. The third-order valence-electron chi connectivity index (χ3n) is 4.28. The van der Waals surface area contributed by atoms with E-state index in [1.807, 2.05) is 0 Å². The maximum Gasteiger partial charge on any atom is 0.392 e. The van der Waals surface area contributed by atoms with Gasteiger partial charge in [0.1, 0.15) is 5.54 Å². The molecule has 0 saturated heterocycles. The lowest BCUT2D eigenvalue weighted by Crippen LogP contribution is -2.56. The van der Waals surface area contributed by atoms with Crippen LogP contribution in [-0.4, -0.2) is 40.1 Å². The molecule has 0 heterocycles. The van der Waals surface area contributed by atoms with E-state index in [-0.39, 0.29) is 19.4 Å². The number of rotatable bonds is 4. The zero-order valence-electron chi connectivity index (χ0n) is 12.5. The van der Waals surface area contributed by atoms with Crippen LogP contribution in [-0.2, 0) is 9.59 Å². The Kier molecular flexibility index (Phi) is 5.28. The summed E-state index contributed by atoms with van der Waals surface area (Å²) in [6, 6.07) is 0. The van der Waals surface area contributed by atoms with Gasteiger partial charge in [0.2, 0.25) is 5.91 Å². The highest BCUT2D eigenvalue weighted by molar-refractivity contribution is 5.87. The van der Waals surface area contributed by atoms with Gasteiger partial charge in [0.05, 0.1) is 5.92 Å². The molecular formula is C14H22F3NO3. The Balaban J connectivity index is 3.05. The van der Waals surface area contributed by atoms with E-state index in [0.29, 0.717) is 12.8 Å². The van der Waals surface area contributed by atoms with E-state index in [1.54, 1.807) is 6.92 Å². The smallest absolute Gasteiger partial charge is 0.392 e. The number of hydrogen-bond acceptors (Lipinski definition) is 2. The fourth-order valence-corrected chi connectivity index (χ4v) is 2.96. The molecule has 0 aromatic heterocycles. The zero-order chi connectivity index (χ0) is 16.4. The second kappa shape index (κ2) is 6.23. The number of hydrogen-bond donors (Lipinski definition) is 1. The van der Waals surface area contributed by atoms with Crippen LogP contribution < -0.4 is 0 Å². The van der Waals surface area contributed by atoms with Crippen molar-refractivity contribution in [1.82, 2.24) is 4.90 Å². The number of aliphatic carboxylic acids is 1. The fraction of sp³-hybridized carbons (Fsp3) is 0.857. The maximum atomic E-state index is 13.1. The molecule has 1 aliphatic carbocycles. The summed E-state index contributed by atoms with van der Waals surface area (Å²) in [6.45, 7) is 4.32. The second-order valence-electron chi connectivity index (χ2n) is 5.99. The molecular weight excluding hydrogens is 287 g/mol. The number of halogens is 3. The van der Waals surface area contributed by atoms with Crippen molar-refractivity contribution < 1.29 is 27.9 Å². The van der Waals surface area contributed by atoms with Crippen LogP contribution in [0.5, 0.6) is 0 Å². The van der Waals surface area contributed by atoms with Gasteiger partial charge < -0.3 is 10.0 Å². The van der Waals surface area contributed by atoms with Crippen LogP contribution in [0.25, 0.3) is 0 Å². The van der Waals surface area contributed by atoms with Gasteiger partial charge in [-0.3, -0.25) is 4.79 Å². The molecule has 2 unspecified atom stereocenters. The SMILES string of the molecule is CCN(C(=O)C1CCCCC1C(F)(F)F)C(C)(C)C(=O)O. The first-order valence-corrected chi connectivity index (χ1v) is 7.15. The van der Waals surface area contributed by atoms with Crippen molar-refractivity contribution in [1.29, 1.82) is 0 Å². The van der Waals surface area contributed by atoms with Gasteiger partial charge in [-0.25, -0.2) is 4.79 Å². The molecule has 4 nitrogen and oxygen atoms in total. The summed E-state index contributed by atoms with van der Waals surface area (Å²) >= 11 is 0. The summed E-state index contributed by atoms with van der Waals surface area (Å²) < 4.78 is 39.3. The summed E-state index contributed by atoms with van der Waals surface area (Å²) in [6.07, 6.45) is -3.32. The maximum absolute atomic E-state index is 13.1. The van der Waals surface area contributed by atoms with E-state index in [9.17, 15) is 27.9 Å². The Labute approximate surface area is 122 Å². The van der Waals surface area contributed by atoms with Gasteiger partial charge >= 0.3 is 12.1 Å². The molecule has 1 aliphatic rings. The molecule has 0 bridgehead atoms. The van der Waals surface area contributed by atoms with Crippen LogP contribution in [0.3, 0.4) is 0 Å². The van der Waals surface area contributed by atoms with Crippen molar-refractivity contribution in [2.24, 2.45) is 11.8 Å². The van der Waals surface area contributed by atoms with Crippen molar-refractivity contribution in [2.75, 3.05) is 6.54 Å². The van der Waals surface area contributed by atoms with Gasteiger partial charge in [0, 0.05) is 12.5 Å². The Morgan fingerprint density at radius 3 is 2.14 bits per heavy atom. The molecule has 1 rings (SSSR count). The number of nitrogens with zero attached hydrogens (tertiary/aromatic N) is 1. The van der Waals surface area contributed by atoms with Crippen molar-refractivity contribution >= 4 is 11.9 Å². The molecule has 122 valence electrons. The van der Waals surface area contributed by atoms with Gasteiger partial charge in [0.15, 0.2) is 0 Å². The highest BCUT2D eigenvalue weighted by Crippen LogP contribution is 2.42. The molecule has 2 atom stereocenters. The zero-order valence-corrected chi connectivity index (χ0v) is 12.5. The minimum Gasteiger partial charge on any atom is -0.480 e. The number of alkyl halides is 3. The average Bonchev–Trinajstić information content (AvgIpc) is 2.37. The molecule has 0 aromatic rings. The van der Waals surface area contributed by atoms with Gasteiger partial charge in [0.25, 0.3) is 0 Å². The fourth-order valence-electron chi connectivity index (χ4n) is 2.96. The topological polar surface area (TPSA) is 57.6 Å². The van der Waals surface area contributed by atoms with Crippen LogP contribution >= 0.6 is 0 Å². The third kappa shape index (κ3) is 3.68. The number of carboxylic acid groups (broad SMARTS) is 1. The standard InChI is InChI=1S/C14H22F3NO3/c1-4-18(13(2,3)12(20)21)11(19)9-7-5-6-8-10(9)14(15,16)17/h9-10H,4-8H2,1-3H3,(H,20,21). The summed E-state index contributed by atoms with van der Waals surface area (Å²) in [4.78, 5) is 24.8. The molecule has 0 radical (unpaired) electrons. The number of carboxylic acids is 1. The third-order valence-corrected chi connectivity index (χ3v) is 4.28.